The van der Waals surface area contributed by atoms with Gasteiger partial charge in [0, 0.05) is 30.5 Å². The van der Waals surface area contributed by atoms with Crippen LogP contribution in [0.15, 0.2) is 48.5 Å². The summed E-state index contributed by atoms with van der Waals surface area (Å²) >= 11 is 0. The van der Waals surface area contributed by atoms with Crippen LogP contribution in [-0.2, 0) is 16.0 Å². The van der Waals surface area contributed by atoms with Gasteiger partial charge in [-0.05, 0) is 55.2 Å². The minimum Gasteiger partial charge on any atom is -0.325 e. The maximum absolute atomic E-state index is 13.1. The summed E-state index contributed by atoms with van der Waals surface area (Å²) in [6, 6.07) is 14.1. The summed E-state index contributed by atoms with van der Waals surface area (Å²) < 4.78 is 0. The molecular formula is C26H28N4O4. The van der Waals surface area contributed by atoms with E-state index in [4.69, 9.17) is 0 Å². The molecular weight excluding hydrogens is 432 g/mol. The van der Waals surface area contributed by atoms with Gasteiger partial charge in [-0.3, -0.25) is 19.3 Å². The SMILES string of the molecule is CN1C(=O)N(CC(=O)Nc2ccc(C(=O)N3CCc4ccccc43)cc2)C(=O)C12CCCCC2. The number of carbonyl (C=O) groups is 4. The number of nitrogens with one attached hydrogen (secondary N) is 1. The molecule has 0 unspecified atom stereocenters. The van der Waals surface area contributed by atoms with Gasteiger partial charge in [-0.1, -0.05) is 37.5 Å². The van der Waals surface area contributed by atoms with E-state index < -0.39 is 17.5 Å². The molecule has 5 amide bonds. The average molecular weight is 461 g/mol. The van der Waals surface area contributed by atoms with Gasteiger partial charge in [0.25, 0.3) is 11.8 Å². The largest absolute Gasteiger partial charge is 0.327 e. The fraction of sp³-hybridized carbons (Fsp3) is 0.385. The first-order valence-electron chi connectivity index (χ1n) is 11.8. The second-order valence-electron chi connectivity index (χ2n) is 9.29. The normalized spacial score (nSPS) is 19.0. The van der Waals surface area contributed by atoms with E-state index in [1.165, 1.54) is 4.90 Å². The topological polar surface area (TPSA) is 90.0 Å². The first-order chi connectivity index (χ1) is 16.4. The molecule has 0 radical (unpaired) electrons. The molecule has 1 spiro atoms. The minimum absolute atomic E-state index is 0.0862. The quantitative estimate of drug-likeness (QED) is 0.708. The van der Waals surface area contributed by atoms with Crippen molar-refractivity contribution in [3.63, 3.8) is 0 Å². The second-order valence-corrected chi connectivity index (χ2v) is 9.29. The van der Waals surface area contributed by atoms with Crippen LogP contribution in [0.1, 0.15) is 48.0 Å². The maximum atomic E-state index is 13.1. The lowest BCUT2D eigenvalue weighted by Gasteiger charge is -2.35. The van der Waals surface area contributed by atoms with Crippen LogP contribution in [-0.4, -0.2) is 59.2 Å². The molecule has 176 valence electrons. The Morgan fingerprint density at radius 3 is 2.41 bits per heavy atom. The van der Waals surface area contributed by atoms with Crippen molar-refractivity contribution in [1.29, 1.82) is 0 Å². The average Bonchev–Trinajstić information content (AvgIpc) is 3.36. The molecule has 2 aromatic carbocycles. The Balaban J connectivity index is 1.23. The van der Waals surface area contributed by atoms with Crippen molar-refractivity contribution in [2.45, 2.75) is 44.1 Å². The highest BCUT2D eigenvalue weighted by atomic mass is 16.2. The van der Waals surface area contributed by atoms with Gasteiger partial charge in [0.1, 0.15) is 12.1 Å². The number of likely N-dealkylation sites (N-methyl/N-ethyl adjacent to an activating group) is 1. The van der Waals surface area contributed by atoms with Crippen molar-refractivity contribution in [2.75, 3.05) is 30.4 Å². The molecule has 8 nitrogen and oxygen atoms in total. The highest BCUT2D eigenvalue weighted by molar-refractivity contribution is 6.10. The lowest BCUT2D eigenvalue weighted by molar-refractivity contribution is -0.136. The van der Waals surface area contributed by atoms with E-state index in [0.717, 1.165) is 41.8 Å². The summed E-state index contributed by atoms with van der Waals surface area (Å²) in [5, 5.41) is 2.74. The van der Waals surface area contributed by atoms with Crippen LogP contribution in [0.5, 0.6) is 0 Å². The molecule has 1 N–H and O–H groups in total. The van der Waals surface area contributed by atoms with Crippen LogP contribution >= 0.6 is 0 Å². The van der Waals surface area contributed by atoms with E-state index in [9.17, 15) is 19.2 Å². The Morgan fingerprint density at radius 1 is 0.971 bits per heavy atom. The Bertz CT molecular complexity index is 1150. The molecule has 2 heterocycles. The van der Waals surface area contributed by atoms with E-state index in [2.05, 4.69) is 5.32 Å². The number of fused-ring (bicyclic) bond motifs is 1. The standard InChI is InChI=1S/C26H28N4O4/c1-28-25(34)30(24(33)26(28)14-5-2-6-15-26)17-22(31)27-20-11-9-19(10-12-20)23(32)29-16-13-18-7-3-4-8-21(18)29/h3-4,7-12H,2,5-6,13-17H2,1H3,(H,27,31). The zero-order chi connectivity index (χ0) is 23.9. The predicted octanol–water partition coefficient (Wildman–Crippen LogP) is 3.42. The fourth-order valence-electron chi connectivity index (χ4n) is 5.42. The summed E-state index contributed by atoms with van der Waals surface area (Å²) in [6.07, 6.45) is 4.97. The molecule has 8 heteroatoms. The minimum atomic E-state index is -0.800. The Labute approximate surface area is 198 Å². The third-order valence-corrected chi connectivity index (χ3v) is 7.33. The van der Waals surface area contributed by atoms with Crippen molar-refractivity contribution in [2.24, 2.45) is 0 Å². The summed E-state index contributed by atoms with van der Waals surface area (Å²) in [5.74, 6) is -0.811. The van der Waals surface area contributed by atoms with Gasteiger partial charge in [0.2, 0.25) is 5.91 Å². The fourth-order valence-corrected chi connectivity index (χ4v) is 5.42. The number of carbonyl (C=O) groups excluding carboxylic acids is 4. The first kappa shape index (κ1) is 22.1. The van der Waals surface area contributed by atoms with Gasteiger partial charge in [-0.2, -0.15) is 0 Å². The van der Waals surface area contributed by atoms with E-state index in [0.29, 0.717) is 30.6 Å². The number of anilines is 2. The molecule has 5 rings (SSSR count). The smallest absolute Gasteiger partial charge is 0.325 e. The summed E-state index contributed by atoms with van der Waals surface area (Å²) in [7, 11) is 1.65. The maximum Gasteiger partial charge on any atom is 0.327 e. The van der Waals surface area contributed by atoms with Crippen molar-refractivity contribution >= 4 is 35.1 Å². The zero-order valence-electron chi connectivity index (χ0n) is 19.3. The van der Waals surface area contributed by atoms with Crippen LogP contribution < -0.4 is 10.2 Å². The van der Waals surface area contributed by atoms with Gasteiger partial charge in [0.05, 0.1) is 0 Å². The summed E-state index contributed by atoms with van der Waals surface area (Å²) in [6.45, 7) is 0.319. The van der Waals surface area contributed by atoms with E-state index in [1.54, 1.807) is 36.2 Å². The van der Waals surface area contributed by atoms with Gasteiger partial charge in [-0.15, -0.1) is 0 Å². The van der Waals surface area contributed by atoms with Gasteiger partial charge >= 0.3 is 6.03 Å². The van der Waals surface area contributed by atoms with Crippen molar-refractivity contribution < 1.29 is 19.2 Å². The number of hydrogen-bond donors (Lipinski definition) is 1. The molecule has 34 heavy (non-hydrogen) atoms. The number of benzene rings is 2. The van der Waals surface area contributed by atoms with E-state index in [1.807, 2.05) is 24.3 Å². The third-order valence-electron chi connectivity index (χ3n) is 7.33. The molecule has 1 aliphatic carbocycles. The van der Waals surface area contributed by atoms with Crippen LogP contribution in [0, 0.1) is 0 Å². The Hall–Kier alpha value is -3.68. The van der Waals surface area contributed by atoms with E-state index >= 15 is 0 Å². The summed E-state index contributed by atoms with van der Waals surface area (Å²) in [4.78, 5) is 55.8. The first-order valence-corrected chi connectivity index (χ1v) is 11.8. The number of nitrogens with zero attached hydrogens (tertiary/aromatic N) is 3. The monoisotopic (exact) mass is 460 g/mol. The predicted molar refractivity (Wildman–Crippen MR) is 128 cm³/mol. The lowest BCUT2D eigenvalue weighted by Crippen LogP contribution is -2.49. The Kier molecular flexibility index (Phi) is 5.59. The molecule has 0 bridgehead atoms. The Morgan fingerprint density at radius 2 is 1.68 bits per heavy atom. The summed E-state index contributed by atoms with van der Waals surface area (Å²) in [5.41, 5.74) is 2.33. The third kappa shape index (κ3) is 3.63. The molecule has 0 aromatic heterocycles. The highest BCUT2D eigenvalue weighted by Crippen LogP contribution is 2.39. The van der Waals surface area contributed by atoms with Crippen LogP contribution in [0.4, 0.5) is 16.2 Å². The van der Waals surface area contributed by atoms with Gasteiger partial charge in [-0.25, -0.2) is 4.79 Å². The zero-order valence-corrected chi connectivity index (χ0v) is 19.3. The lowest BCUT2D eigenvalue weighted by atomic mass is 9.81. The molecule has 2 fully saturated rings. The number of imide groups is 1. The number of urea groups is 1. The van der Waals surface area contributed by atoms with Crippen LogP contribution in [0.3, 0.4) is 0 Å². The van der Waals surface area contributed by atoms with Crippen molar-refractivity contribution in [1.82, 2.24) is 9.80 Å². The van der Waals surface area contributed by atoms with Gasteiger partial charge < -0.3 is 15.1 Å². The van der Waals surface area contributed by atoms with Crippen LogP contribution in [0.2, 0.25) is 0 Å². The molecule has 1 saturated heterocycles. The molecule has 0 atom stereocenters. The number of para-hydroxylation sites is 1. The number of hydrogen-bond acceptors (Lipinski definition) is 4. The number of rotatable bonds is 4. The van der Waals surface area contributed by atoms with Crippen molar-refractivity contribution in [3.05, 3.63) is 59.7 Å². The van der Waals surface area contributed by atoms with Crippen molar-refractivity contribution in [3.8, 4) is 0 Å². The molecule has 1 saturated carbocycles. The molecule has 2 aromatic rings. The molecule has 2 aliphatic heterocycles. The molecule has 3 aliphatic rings. The van der Waals surface area contributed by atoms with Gasteiger partial charge in [0.15, 0.2) is 0 Å². The van der Waals surface area contributed by atoms with E-state index in [-0.39, 0.29) is 18.4 Å². The number of amides is 5. The second kappa shape index (κ2) is 8.59. The van der Waals surface area contributed by atoms with Crippen LogP contribution in [0.25, 0.3) is 0 Å². The highest BCUT2D eigenvalue weighted by Gasteiger charge is 2.55.